The fourth-order valence-corrected chi connectivity index (χ4v) is 9.10. The fraction of sp³-hybridized carbons (Fsp3) is 0.653. The Morgan fingerprint density at radius 3 is 1.43 bits per heavy atom. The van der Waals surface area contributed by atoms with E-state index in [1.807, 2.05) is 24.3 Å². The summed E-state index contributed by atoms with van der Waals surface area (Å²) in [5.41, 5.74) is 0.909. The van der Waals surface area contributed by atoms with Crippen LogP contribution >= 0.6 is 0 Å². The van der Waals surface area contributed by atoms with E-state index in [2.05, 4.69) is 38.1 Å². The van der Waals surface area contributed by atoms with E-state index in [-0.39, 0.29) is 23.9 Å². The van der Waals surface area contributed by atoms with E-state index in [1.165, 1.54) is 127 Å². The summed E-state index contributed by atoms with van der Waals surface area (Å²) in [6.07, 6.45) is 32.0. The highest BCUT2D eigenvalue weighted by Gasteiger charge is 2.46. The van der Waals surface area contributed by atoms with Crippen LogP contribution in [0.4, 0.5) is 0 Å². The second-order valence-electron chi connectivity index (χ2n) is 16.7. The Bertz CT molecular complexity index is 1540. The highest BCUT2D eigenvalue weighted by Crippen LogP contribution is 2.37. The summed E-state index contributed by atoms with van der Waals surface area (Å²) in [4.78, 5) is 43.5. The topological polar surface area (TPSA) is 63.7 Å². The molecule has 5 nitrogen and oxygen atoms in total. The van der Waals surface area contributed by atoms with Crippen molar-refractivity contribution in [3.05, 3.63) is 59.7 Å². The van der Waals surface area contributed by atoms with Crippen molar-refractivity contribution in [1.82, 2.24) is 4.90 Å². The Kier molecular flexibility index (Phi) is 17.9. The lowest BCUT2D eigenvalue weighted by molar-refractivity contribution is -0.158. The molecule has 0 radical (unpaired) electrons. The van der Waals surface area contributed by atoms with Crippen molar-refractivity contribution < 1.29 is 19.1 Å². The second kappa shape index (κ2) is 23.0. The first-order valence-corrected chi connectivity index (χ1v) is 22.6. The maximum absolute atomic E-state index is 14.1. The number of rotatable bonds is 26. The molecule has 2 amide bonds. The summed E-state index contributed by atoms with van der Waals surface area (Å²) in [6, 6.07) is 15.7. The minimum Gasteiger partial charge on any atom is -0.462 e. The molecule has 1 unspecified atom stereocenters. The molecule has 5 heteroatoms. The van der Waals surface area contributed by atoms with Crippen LogP contribution in [0.3, 0.4) is 0 Å². The van der Waals surface area contributed by atoms with Crippen molar-refractivity contribution in [2.24, 2.45) is 5.92 Å². The lowest BCUT2D eigenvalue weighted by Gasteiger charge is -2.36. The van der Waals surface area contributed by atoms with Gasteiger partial charge in [-0.15, -0.1) is 0 Å². The number of fused-ring (bicyclic) bond motifs is 3. The molecule has 3 aromatic carbocycles. The van der Waals surface area contributed by atoms with Gasteiger partial charge in [0.1, 0.15) is 6.10 Å². The molecule has 1 heterocycles. The third-order valence-electron chi connectivity index (χ3n) is 12.4. The molecule has 1 saturated carbocycles. The predicted molar refractivity (Wildman–Crippen MR) is 225 cm³/mol. The number of hydrogen-bond acceptors (Lipinski definition) is 4. The van der Waals surface area contributed by atoms with Crippen molar-refractivity contribution in [3.8, 4) is 0 Å². The lowest BCUT2D eigenvalue weighted by Crippen LogP contribution is -2.49. The van der Waals surface area contributed by atoms with Crippen LogP contribution in [0.25, 0.3) is 21.5 Å². The monoisotopic (exact) mass is 738 g/mol. The average Bonchev–Trinajstić information content (AvgIpc) is 3.42. The number of carbonyl (C=O) groups is 3. The maximum atomic E-state index is 14.1. The first-order valence-electron chi connectivity index (χ1n) is 22.6. The van der Waals surface area contributed by atoms with Crippen molar-refractivity contribution in [2.75, 3.05) is 0 Å². The van der Waals surface area contributed by atoms with Gasteiger partial charge in [-0.3, -0.25) is 19.3 Å². The summed E-state index contributed by atoms with van der Waals surface area (Å²) < 4.78 is 6.42. The number of benzene rings is 3. The third-order valence-corrected chi connectivity index (χ3v) is 12.4. The van der Waals surface area contributed by atoms with Crippen LogP contribution in [0.15, 0.2) is 48.5 Å². The SMILES string of the molecule is CCCCCCCCCCCCCC(CCCCCCCCCCCC)OC(=O)[C@H]1CCCC[C@@H]1N1C(=O)c2cc3cc4ccccc4cc3cc2C1=O. The van der Waals surface area contributed by atoms with Crippen LogP contribution in [-0.4, -0.2) is 34.8 Å². The van der Waals surface area contributed by atoms with Gasteiger partial charge < -0.3 is 4.74 Å². The van der Waals surface area contributed by atoms with Gasteiger partial charge in [0.15, 0.2) is 0 Å². The largest absolute Gasteiger partial charge is 0.462 e. The van der Waals surface area contributed by atoms with Gasteiger partial charge in [0.25, 0.3) is 11.8 Å². The van der Waals surface area contributed by atoms with Crippen molar-refractivity contribution in [1.29, 1.82) is 0 Å². The molecular formula is C49H71NO4. The van der Waals surface area contributed by atoms with Crippen molar-refractivity contribution in [2.45, 2.75) is 199 Å². The molecule has 0 saturated heterocycles. The number of imide groups is 1. The van der Waals surface area contributed by atoms with E-state index in [0.717, 1.165) is 60.1 Å². The van der Waals surface area contributed by atoms with Gasteiger partial charge in [-0.2, -0.15) is 0 Å². The molecule has 2 aliphatic rings. The van der Waals surface area contributed by atoms with Crippen LogP contribution in [0.1, 0.15) is 208 Å². The molecule has 54 heavy (non-hydrogen) atoms. The summed E-state index contributed by atoms with van der Waals surface area (Å²) in [6.45, 7) is 4.54. The number of ether oxygens (including phenoxy) is 1. The molecule has 0 spiro atoms. The average molecular weight is 738 g/mol. The minimum atomic E-state index is -0.467. The zero-order valence-electron chi connectivity index (χ0n) is 34.0. The van der Waals surface area contributed by atoms with Crippen LogP contribution in [-0.2, 0) is 9.53 Å². The van der Waals surface area contributed by atoms with E-state index in [9.17, 15) is 14.4 Å². The van der Waals surface area contributed by atoms with E-state index >= 15 is 0 Å². The Morgan fingerprint density at radius 1 is 0.574 bits per heavy atom. The van der Waals surface area contributed by atoms with Gasteiger partial charge in [0, 0.05) is 0 Å². The van der Waals surface area contributed by atoms with Gasteiger partial charge in [0.05, 0.1) is 23.1 Å². The molecule has 0 aromatic heterocycles. The van der Waals surface area contributed by atoms with Crippen molar-refractivity contribution >= 4 is 39.3 Å². The molecule has 0 N–H and O–H groups in total. The highest BCUT2D eigenvalue weighted by atomic mass is 16.5. The minimum absolute atomic E-state index is 0.0886. The van der Waals surface area contributed by atoms with Crippen molar-refractivity contribution in [3.63, 3.8) is 0 Å². The number of carbonyl (C=O) groups excluding carboxylic acids is 3. The summed E-state index contributed by atoms with van der Waals surface area (Å²) in [5.74, 6) is -1.20. The van der Waals surface area contributed by atoms with Crippen LogP contribution in [0.2, 0.25) is 0 Å². The smallest absolute Gasteiger partial charge is 0.311 e. The Hall–Kier alpha value is -3.21. The molecule has 296 valence electrons. The third kappa shape index (κ3) is 12.1. The van der Waals surface area contributed by atoms with E-state index in [0.29, 0.717) is 24.0 Å². The fourth-order valence-electron chi connectivity index (χ4n) is 9.10. The molecule has 1 fully saturated rings. The Balaban J connectivity index is 1.16. The number of hydrogen-bond donors (Lipinski definition) is 0. The standard InChI is InChI=1S/C49H71NO4/c1-3-5-7-9-11-13-15-17-19-21-23-31-42(30-22-20-18-16-14-12-10-8-6-4-2)54-49(53)43-32-26-27-33-46(43)50-47(51)44-36-40-34-38-28-24-25-29-39(38)35-41(40)37-45(44)48(50)52/h24-25,28-29,34-37,42-43,46H,3-23,26-27,30-33H2,1-2H3/t42?,43-,46-/m0/s1. The summed E-state index contributed by atoms with van der Waals surface area (Å²) >= 11 is 0. The van der Waals surface area contributed by atoms with E-state index in [4.69, 9.17) is 4.74 Å². The highest BCUT2D eigenvalue weighted by molar-refractivity contribution is 6.23. The number of esters is 1. The van der Waals surface area contributed by atoms with Crippen LogP contribution in [0, 0.1) is 5.92 Å². The molecular weight excluding hydrogens is 667 g/mol. The van der Waals surface area contributed by atoms with E-state index in [1.54, 1.807) is 0 Å². The predicted octanol–water partition coefficient (Wildman–Crippen LogP) is 14.1. The van der Waals surface area contributed by atoms with Gasteiger partial charge in [-0.05, 0) is 84.3 Å². The van der Waals surface area contributed by atoms with Crippen LogP contribution < -0.4 is 0 Å². The second-order valence-corrected chi connectivity index (χ2v) is 16.7. The van der Waals surface area contributed by atoms with Gasteiger partial charge >= 0.3 is 5.97 Å². The molecule has 1 aliphatic carbocycles. The Labute approximate surface area is 327 Å². The molecule has 5 rings (SSSR count). The molecule has 0 bridgehead atoms. The van der Waals surface area contributed by atoms with Gasteiger partial charge in [-0.25, -0.2) is 0 Å². The summed E-state index contributed by atoms with van der Waals surface area (Å²) in [7, 11) is 0. The maximum Gasteiger partial charge on any atom is 0.311 e. The molecule has 3 aromatic rings. The van der Waals surface area contributed by atoms with Crippen LogP contribution in [0.5, 0.6) is 0 Å². The number of nitrogens with zero attached hydrogens (tertiary/aromatic N) is 1. The molecule has 3 atom stereocenters. The quantitative estimate of drug-likeness (QED) is 0.0356. The molecule has 1 aliphatic heterocycles. The Morgan fingerprint density at radius 2 is 0.981 bits per heavy atom. The number of amides is 2. The first kappa shape index (κ1) is 41.9. The zero-order chi connectivity index (χ0) is 38.0. The zero-order valence-corrected chi connectivity index (χ0v) is 34.0. The van der Waals surface area contributed by atoms with E-state index < -0.39 is 12.0 Å². The van der Waals surface area contributed by atoms with Gasteiger partial charge in [-0.1, -0.05) is 173 Å². The number of unbranched alkanes of at least 4 members (excludes halogenated alkanes) is 19. The van der Waals surface area contributed by atoms with Gasteiger partial charge in [0.2, 0.25) is 0 Å². The first-order chi connectivity index (χ1) is 26.5. The lowest BCUT2D eigenvalue weighted by atomic mass is 9.83. The normalized spacial score (nSPS) is 17.8. The summed E-state index contributed by atoms with van der Waals surface area (Å²) in [5, 5.41) is 4.11.